The van der Waals surface area contributed by atoms with E-state index in [0.717, 1.165) is 12.1 Å². The second kappa shape index (κ2) is 9.43. The van der Waals surface area contributed by atoms with E-state index in [4.69, 9.17) is 4.74 Å². The van der Waals surface area contributed by atoms with Gasteiger partial charge in [0.2, 0.25) is 5.91 Å². The van der Waals surface area contributed by atoms with E-state index in [1.807, 2.05) is 0 Å². The lowest BCUT2D eigenvalue weighted by atomic mass is 10.0. The summed E-state index contributed by atoms with van der Waals surface area (Å²) in [5.74, 6) is -0.407. The maximum absolute atomic E-state index is 13.0. The Labute approximate surface area is 184 Å². The summed E-state index contributed by atoms with van der Waals surface area (Å²) in [6.45, 7) is 0.518. The molecule has 32 heavy (non-hydrogen) atoms. The standard InChI is InChI=1S/C25H21FN2O4/c26-19-7-3-17(4-8-19)25(31)18-5-13-22(14-6-18)32-16-23(29)27-20-9-11-21(12-10-20)28-15-1-2-24(28)30/h3-14H,1-2,15-16H2,(H,27,29). The van der Waals surface area contributed by atoms with Crippen LogP contribution in [0.1, 0.15) is 28.8 Å². The second-order valence-electron chi connectivity index (χ2n) is 7.39. The summed E-state index contributed by atoms with van der Waals surface area (Å²) in [6, 6.07) is 18.8. The number of rotatable bonds is 7. The van der Waals surface area contributed by atoms with Crippen LogP contribution in [0.2, 0.25) is 0 Å². The van der Waals surface area contributed by atoms with Gasteiger partial charge >= 0.3 is 0 Å². The summed E-state index contributed by atoms with van der Waals surface area (Å²) in [7, 11) is 0. The van der Waals surface area contributed by atoms with Gasteiger partial charge in [0.15, 0.2) is 12.4 Å². The first kappa shape index (κ1) is 21.2. The first-order chi connectivity index (χ1) is 15.5. The fourth-order valence-corrected chi connectivity index (χ4v) is 3.46. The summed E-state index contributed by atoms with van der Waals surface area (Å²) in [6.07, 6.45) is 1.42. The van der Waals surface area contributed by atoms with E-state index >= 15 is 0 Å². The summed E-state index contributed by atoms with van der Waals surface area (Å²) in [4.78, 5) is 38.1. The molecular weight excluding hydrogens is 411 g/mol. The predicted octanol–water partition coefficient (Wildman–Crippen LogP) is 4.20. The van der Waals surface area contributed by atoms with Crippen molar-refractivity contribution >= 4 is 29.0 Å². The number of anilines is 2. The van der Waals surface area contributed by atoms with Gasteiger partial charge in [0.25, 0.3) is 5.91 Å². The fraction of sp³-hybridized carbons (Fsp3) is 0.160. The third kappa shape index (κ3) is 5.00. The highest BCUT2D eigenvalue weighted by Gasteiger charge is 2.21. The van der Waals surface area contributed by atoms with Gasteiger partial charge in [0.1, 0.15) is 11.6 Å². The van der Waals surface area contributed by atoms with E-state index in [-0.39, 0.29) is 24.2 Å². The zero-order valence-electron chi connectivity index (χ0n) is 17.2. The van der Waals surface area contributed by atoms with Crippen LogP contribution in [-0.4, -0.2) is 30.7 Å². The molecule has 0 radical (unpaired) electrons. The van der Waals surface area contributed by atoms with Crippen molar-refractivity contribution in [2.24, 2.45) is 0 Å². The molecule has 0 atom stereocenters. The van der Waals surface area contributed by atoms with Crippen molar-refractivity contribution in [3.8, 4) is 5.75 Å². The van der Waals surface area contributed by atoms with Gasteiger partial charge in [-0.25, -0.2) is 4.39 Å². The molecule has 1 saturated heterocycles. The molecule has 0 aliphatic carbocycles. The zero-order chi connectivity index (χ0) is 22.5. The lowest BCUT2D eigenvalue weighted by Gasteiger charge is -2.16. The van der Waals surface area contributed by atoms with Crippen LogP contribution < -0.4 is 15.0 Å². The number of nitrogens with one attached hydrogen (secondary N) is 1. The summed E-state index contributed by atoms with van der Waals surface area (Å²) < 4.78 is 18.5. The van der Waals surface area contributed by atoms with Crippen molar-refractivity contribution in [3.63, 3.8) is 0 Å². The maximum atomic E-state index is 13.0. The minimum Gasteiger partial charge on any atom is -0.484 e. The number of nitrogens with zero attached hydrogens (tertiary/aromatic N) is 1. The number of hydrogen-bond donors (Lipinski definition) is 1. The molecule has 0 bridgehead atoms. The molecule has 4 rings (SSSR count). The van der Waals surface area contributed by atoms with Gasteiger partial charge in [-0.1, -0.05) is 0 Å². The van der Waals surface area contributed by atoms with Gasteiger partial charge < -0.3 is 15.0 Å². The van der Waals surface area contributed by atoms with Gasteiger partial charge in [-0.05, 0) is 79.2 Å². The van der Waals surface area contributed by atoms with Crippen molar-refractivity contribution in [1.29, 1.82) is 0 Å². The molecule has 7 heteroatoms. The average Bonchev–Trinajstić information content (AvgIpc) is 3.24. The van der Waals surface area contributed by atoms with E-state index in [1.54, 1.807) is 53.4 Å². The quantitative estimate of drug-likeness (QED) is 0.568. The van der Waals surface area contributed by atoms with Gasteiger partial charge in [0.05, 0.1) is 0 Å². The SMILES string of the molecule is O=C(COc1ccc(C(=O)c2ccc(F)cc2)cc1)Nc1ccc(N2CCCC2=O)cc1. The second-order valence-corrected chi connectivity index (χ2v) is 7.39. The van der Waals surface area contributed by atoms with Gasteiger partial charge in [-0.15, -0.1) is 0 Å². The van der Waals surface area contributed by atoms with Gasteiger partial charge in [0, 0.05) is 35.5 Å². The maximum Gasteiger partial charge on any atom is 0.262 e. The zero-order valence-corrected chi connectivity index (χ0v) is 17.2. The molecule has 3 aromatic carbocycles. The van der Waals surface area contributed by atoms with Crippen LogP contribution in [0.25, 0.3) is 0 Å². The summed E-state index contributed by atoms with van der Waals surface area (Å²) in [5, 5.41) is 2.74. The number of carbonyl (C=O) groups excluding carboxylic acids is 3. The van der Waals surface area contributed by atoms with Crippen molar-refractivity contribution in [2.45, 2.75) is 12.8 Å². The van der Waals surface area contributed by atoms with Crippen LogP contribution in [0.5, 0.6) is 5.75 Å². The number of carbonyl (C=O) groups is 3. The van der Waals surface area contributed by atoms with E-state index in [1.165, 1.54) is 24.3 Å². The normalized spacial score (nSPS) is 13.2. The molecule has 0 unspecified atom stereocenters. The number of ketones is 1. The number of hydrogen-bond acceptors (Lipinski definition) is 4. The summed E-state index contributed by atoms with van der Waals surface area (Å²) in [5.41, 5.74) is 2.25. The third-order valence-electron chi connectivity index (χ3n) is 5.13. The Kier molecular flexibility index (Phi) is 6.26. The largest absolute Gasteiger partial charge is 0.484 e. The minimum absolute atomic E-state index is 0.112. The molecule has 1 aliphatic heterocycles. The van der Waals surface area contributed by atoms with Crippen LogP contribution in [0.15, 0.2) is 72.8 Å². The first-order valence-electron chi connectivity index (χ1n) is 10.2. The molecule has 1 heterocycles. The Morgan fingerprint density at radius 2 is 1.53 bits per heavy atom. The number of halogens is 1. The molecule has 0 spiro atoms. The van der Waals surface area contributed by atoms with Crippen LogP contribution in [-0.2, 0) is 9.59 Å². The van der Waals surface area contributed by atoms with Crippen molar-refractivity contribution in [1.82, 2.24) is 0 Å². The van der Waals surface area contributed by atoms with Crippen molar-refractivity contribution in [2.75, 3.05) is 23.4 Å². The van der Waals surface area contributed by atoms with E-state index in [9.17, 15) is 18.8 Å². The van der Waals surface area contributed by atoms with E-state index in [0.29, 0.717) is 35.5 Å². The highest BCUT2D eigenvalue weighted by Crippen LogP contribution is 2.23. The number of amides is 2. The monoisotopic (exact) mass is 432 g/mol. The van der Waals surface area contributed by atoms with Crippen LogP contribution in [0.4, 0.5) is 15.8 Å². The van der Waals surface area contributed by atoms with Crippen LogP contribution in [0.3, 0.4) is 0 Å². The van der Waals surface area contributed by atoms with Crippen molar-refractivity contribution < 1.29 is 23.5 Å². The van der Waals surface area contributed by atoms with E-state index < -0.39 is 5.82 Å². The first-order valence-corrected chi connectivity index (χ1v) is 10.2. The highest BCUT2D eigenvalue weighted by atomic mass is 19.1. The molecule has 0 aromatic heterocycles. The number of benzene rings is 3. The molecule has 3 aromatic rings. The summed E-state index contributed by atoms with van der Waals surface area (Å²) >= 11 is 0. The van der Waals surface area contributed by atoms with E-state index in [2.05, 4.69) is 5.32 Å². The fourth-order valence-electron chi connectivity index (χ4n) is 3.46. The Morgan fingerprint density at radius 1 is 0.906 bits per heavy atom. The molecule has 162 valence electrons. The van der Waals surface area contributed by atoms with Gasteiger partial charge in [-0.3, -0.25) is 14.4 Å². The Balaban J connectivity index is 1.29. The molecular formula is C25H21FN2O4. The Hall–Kier alpha value is -4.00. The molecule has 1 N–H and O–H groups in total. The average molecular weight is 432 g/mol. The van der Waals surface area contributed by atoms with Crippen LogP contribution >= 0.6 is 0 Å². The third-order valence-corrected chi connectivity index (χ3v) is 5.13. The lowest BCUT2D eigenvalue weighted by Crippen LogP contribution is -2.23. The Bertz CT molecular complexity index is 1130. The Morgan fingerprint density at radius 3 is 2.12 bits per heavy atom. The number of ether oxygens (including phenoxy) is 1. The smallest absolute Gasteiger partial charge is 0.262 e. The highest BCUT2D eigenvalue weighted by molar-refractivity contribution is 6.09. The molecule has 2 amide bonds. The molecule has 0 saturated carbocycles. The van der Waals surface area contributed by atoms with Crippen molar-refractivity contribution in [3.05, 3.63) is 89.7 Å². The lowest BCUT2D eigenvalue weighted by molar-refractivity contribution is -0.118. The van der Waals surface area contributed by atoms with Crippen LogP contribution in [0, 0.1) is 5.82 Å². The minimum atomic E-state index is -0.402. The van der Waals surface area contributed by atoms with Gasteiger partial charge in [-0.2, -0.15) is 0 Å². The molecule has 1 fully saturated rings. The predicted molar refractivity (Wildman–Crippen MR) is 118 cm³/mol. The molecule has 6 nitrogen and oxygen atoms in total. The topological polar surface area (TPSA) is 75.7 Å². The molecule has 1 aliphatic rings.